The minimum atomic E-state index is -0.601. The van der Waals surface area contributed by atoms with Crippen LogP contribution in [0.25, 0.3) is 17.0 Å². The van der Waals surface area contributed by atoms with Crippen molar-refractivity contribution in [1.29, 1.82) is 0 Å². The van der Waals surface area contributed by atoms with Gasteiger partial charge in [-0.15, -0.1) is 11.3 Å². The Morgan fingerprint density at radius 2 is 2.00 bits per heavy atom. The van der Waals surface area contributed by atoms with Crippen LogP contribution in [0, 0.1) is 0 Å². The van der Waals surface area contributed by atoms with Gasteiger partial charge in [0.2, 0.25) is 5.91 Å². The zero-order chi connectivity index (χ0) is 28.0. The third kappa shape index (κ3) is 4.54. The number of hydrogen-bond donors (Lipinski definition) is 0. The fourth-order valence-corrected chi connectivity index (χ4v) is 7.64. The number of piperidine rings is 1. The summed E-state index contributed by atoms with van der Waals surface area (Å²) in [4.78, 5) is 48.0. The highest BCUT2D eigenvalue weighted by Crippen LogP contribution is 2.33. The number of thiazole rings is 1. The van der Waals surface area contributed by atoms with Gasteiger partial charge in [-0.05, 0) is 56.7 Å². The number of carbonyl (C=O) groups excluding carboxylic acids is 2. The summed E-state index contributed by atoms with van der Waals surface area (Å²) >= 11 is 2.78. The van der Waals surface area contributed by atoms with E-state index < -0.39 is 12.0 Å². The van der Waals surface area contributed by atoms with Crippen molar-refractivity contribution < 1.29 is 14.3 Å². The minimum absolute atomic E-state index is 0.112. The third-order valence-electron chi connectivity index (χ3n) is 7.77. The predicted molar refractivity (Wildman–Crippen MR) is 157 cm³/mol. The number of carbonyl (C=O) groups is 2. The highest BCUT2D eigenvalue weighted by molar-refractivity contribution is 7.10. The molecule has 0 N–H and O–H groups in total. The molecule has 1 fully saturated rings. The number of thiophene rings is 1. The predicted octanol–water partition coefficient (Wildman–Crippen LogP) is 3.83. The highest BCUT2D eigenvalue weighted by atomic mass is 32.1. The summed E-state index contributed by atoms with van der Waals surface area (Å²) in [5.41, 5.74) is 2.49. The molecule has 10 heteroatoms. The summed E-state index contributed by atoms with van der Waals surface area (Å²) in [5, 5.41) is 2.89. The van der Waals surface area contributed by atoms with Crippen molar-refractivity contribution in [3.63, 3.8) is 0 Å². The molecule has 206 valence electrons. The second-order valence-corrected chi connectivity index (χ2v) is 12.2. The van der Waals surface area contributed by atoms with Crippen molar-refractivity contribution in [2.24, 2.45) is 4.99 Å². The van der Waals surface area contributed by atoms with Crippen LogP contribution in [0.2, 0.25) is 0 Å². The lowest BCUT2D eigenvalue weighted by Crippen LogP contribution is -2.43. The monoisotopic (exact) mass is 574 g/mol. The maximum atomic E-state index is 13.9. The molecule has 0 aliphatic carbocycles. The van der Waals surface area contributed by atoms with E-state index in [1.807, 2.05) is 63.5 Å². The van der Waals surface area contributed by atoms with Gasteiger partial charge >= 0.3 is 5.97 Å². The Balaban J connectivity index is 1.45. The Labute approximate surface area is 239 Å². The molecule has 6 rings (SSSR count). The van der Waals surface area contributed by atoms with Crippen molar-refractivity contribution in [2.75, 3.05) is 13.7 Å². The largest absolute Gasteiger partial charge is 0.466 e. The molecule has 3 aromatic heterocycles. The summed E-state index contributed by atoms with van der Waals surface area (Å²) < 4.78 is 9.17. The summed E-state index contributed by atoms with van der Waals surface area (Å²) in [5.74, 6) is -0.384. The van der Waals surface area contributed by atoms with Crippen LogP contribution in [0.5, 0.6) is 0 Å². The van der Waals surface area contributed by atoms with E-state index in [0.29, 0.717) is 20.6 Å². The van der Waals surface area contributed by atoms with Gasteiger partial charge in [-0.1, -0.05) is 35.6 Å². The van der Waals surface area contributed by atoms with E-state index in [-0.39, 0.29) is 24.1 Å². The topological polar surface area (TPSA) is 85.9 Å². The fraction of sp³-hybridized carbons (Fsp3) is 0.333. The average molecular weight is 575 g/mol. The quantitative estimate of drug-likeness (QED) is 0.339. The number of allylic oxidation sites excluding steroid dienone is 1. The van der Waals surface area contributed by atoms with E-state index in [2.05, 4.69) is 11.9 Å². The number of amides is 1. The number of likely N-dealkylation sites (tertiary alicyclic amines) is 1. The lowest BCUT2D eigenvalue weighted by Gasteiger charge is -2.33. The van der Waals surface area contributed by atoms with Crippen LogP contribution in [0.15, 0.2) is 69.0 Å². The number of aromatic nitrogens is 2. The summed E-state index contributed by atoms with van der Waals surface area (Å²) in [6.45, 7) is 4.94. The van der Waals surface area contributed by atoms with Gasteiger partial charge in [0.1, 0.15) is 12.6 Å². The molecule has 4 aromatic rings. The van der Waals surface area contributed by atoms with Gasteiger partial charge < -0.3 is 14.2 Å². The van der Waals surface area contributed by atoms with Crippen molar-refractivity contribution in [3.05, 3.63) is 89.4 Å². The van der Waals surface area contributed by atoms with Gasteiger partial charge in [0.15, 0.2) is 4.80 Å². The van der Waals surface area contributed by atoms with Crippen LogP contribution >= 0.6 is 22.7 Å². The molecule has 0 radical (unpaired) electrons. The molecule has 0 unspecified atom stereocenters. The minimum Gasteiger partial charge on any atom is -0.466 e. The van der Waals surface area contributed by atoms with Crippen LogP contribution in [0.1, 0.15) is 49.6 Å². The maximum Gasteiger partial charge on any atom is 0.338 e. The van der Waals surface area contributed by atoms with Gasteiger partial charge in [-0.25, -0.2) is 9.79 Å². The summed E-state index contributed by atoms with van der Waals surface area (Å²) in [6.07, 6.45) is 7.06. The molecule has 5 heterocycles. The van der Waals surface area contributed by atoms with Crippen molar-refractivity contribution in [1.82, 2.24) is 14.0 Å². The second-order valence-electron chi connectivity index (χ2n) is 10.3. The number of hydrogen-bond acceptors (Lipinski definition) is 7. The number of methoxy groups -OCH3 is 1. The standard InChI is InChI=1S/C30H30N4O4S2/c1-18-9-6-7-13-33(18)25(35)17-32-16-20(21-10-4-5-11-22(21)32)15-24-28(36)34-27(23-12-8-14-39-23)26(29(37)38-3)19(2)31-30(34)40-24/h4-5,8,10-12,14-16,18,27H,6-7,9,13,17H2,1-3H3/t18-,27+/m0/s1. The Bertz CT molecular complexity index is 1830. The van der Waals surface area contributed by atoms with Crippen LogP contribution in [0.4, 0.5) is 0 Å². The summed E-state index contributed by atoms with van der Waals surface area (Å²) in [6, 6.07) is 11.4. The maximum absolute atomic E-state index is 13.9. The molecule has 0 spiro atoms. The van der Waals surface area contributed by atoms with E-state index in [1.165, 1.54) is 29.8 Å². The summed E-state index contributed by atoms with van der Waals surface area (Å²) in [7, 11) is 1.34. The van der Waals surface area contributed by atoms with E-state index in [9.17, 15) is 14.4 Å². The number of esters is 1. The van der Waals surface area contributed by atoms with Gasteiger partial charge in [0, 0.05) is 40.1 Å². The third-order valence-corrected chi connectivity index (χ3v) is 9.68. The zero-order valence-electron chi connectivity index (χ0n) is 22.6. The molecule has 1 saturated heterocycles. The molecule has 8 nitrogen and oxygen atoms in total. The van der Waals surface area contributed by atoms with Crippen molar-refractivity contribution in [3.8, 4) is 0 Å². The molecule has 1 aromatic carbocycles. The number of ether oxygens (including phenoxy) is 1. The first kappa shape index (κ1) is 26.5. The van der Waals surface area contributed by atoms with E-state index in [1.54, 1.807) is 11.5 Å². The Hall–Kier alpha value is -3.76. The molecule has 2 atom stereocenters. The number of para-hydroxylation sites is 1. The lowest BCUT2D eigenvalue weighted by atomic mass is 10.0. The van der Waals surface area contributed by atoms with Crippen molar-refractivity contribution in [2.45, 2.75) is 51.7 Å². The van der Waals surface area contributed by atoms with Crippen LogP contribution in [0.3, 0.4) is 0 Å². The van der Waals surface area contributed by atoms with Gasteiger partial charge in [0.05, 0.1) is 22.9 Å². The number of benzene rings is 1. The molecular formula is C30H30N4O4S2. The van der Waals surface area contributed by atoms with Crippen LogP contribution < -0.4 is 14.9 Å². The molecule has 2 aliphatic heterocycles. The van der Waals surface area contributed by atoms with Crippen molar-refractivity contribution >= 4 is 51.5 Å². The first-order valence-corrected chi connectivity index (χ1v) is 15.1. The van der Waals surface area contributed by atoms with E-state index in [4.69, 9.17) is 4.74 Å². The number of rotatable bonds is 5. The van der Waals surface area contributed by atoms with Gasteiger partial charge in [-0.3, -0.25) is 14.2 Å². The zero-order valence-corrected chi connectivity index (χ0v) is 24.3. The molecular weight excluding hydrogens is 544 g/mol. The highest BCUT2D eigenvalue weighted by Gasteiger charge is 2.33. The molecule has 1 amide bonds. The fourth-order valence-electron chi connectivity index (χ4n) is 5.78. The number of fused-ring (bicyclic) bond motifs is 2. The molecule has 40 heavy (non-hydrogen) atoms. The Kier molecular flexibility index (Phi) is 7.06. The SMILES string of the molecule is COC(=O)C1=C(C)N=c2sc(=Cc3cn(CC(=O)N4CCCC[C@@H]4C)c4ccccc34)c(=O)n2[C@@H]1c1cccs1. The Morgan fingerprint density at radius 3 is 2.75 bits per heavy atom. The lowest BCUT2D eigenvalue weighted by molar-refractivity contribution is -0.137. The van der Waals surface area contributed by atoms with E-state index in [0.717, 1.165) is 47.2 Å². The van der Waals surface area contributed by atoms with Crippen LogP contribution in [-0.2, 0) is 20.9 Å². The Morgan fingerprint density at radius 1 is 1.18 bits per heavy atom. The van der Waals surface area contributed by atoms with Gasteiger partial charge in [-0.2, -0.15) is 0 Å². The first-order chi connectivity index (χ1) is 19.4. The van der Waals surface area contributed by atoms with E-state index >= 15 is 0 Å². The normalized spacial score (nSPS) is 19.6. The first-order valence-electron chi connectivity index (χ1n) is 13.4. The molecule has 2 aliphatic rings. The second kappa shape index (κ2) is 10.7. The molecule has 0 saturated carbocycles. The number of nitrogens with zero attached hydrogens (tertiary/aromatic N) is 4. The van der Waals surface area contributed by atoms with Gasteiger partial charge in [0.25, 0.3) is 5.56 Å². The molecule has 0 bridgehead atoms. The van der Waals surface area contributed by atoms with Crippen LogP contribution in [-0.4, -0.2) is 45.6 Å². The average Bonchev–Trinajstić information content (AvgIpc) is 3.67. The smallest absolute Gasteiger partial charge is 0.338 e.